The zero-order valence-corrected chi connectivity index (χ0v) is 15.0. The van der Waals surface area contributed by atoms with E-state index in [4.69, 9.17) is 11.6 Å². The summed E-state index contributed by atoms with van der Waals surface area (Å²) in [6.07, 6.45) is -1.41. The first-order valence-electron chi connectivity index (χ1n) is 8.68. The predicted octanol–water partition coefficient (Wildman–Crippen LogP) is 2.45. The molecule has 0 unspecified atom stereocenters. The number of nitrogens with one attached hydrogen (secondary N) is 1. The van der Waals surface area contributed by atoms with Gasteiger partial charge in [0.15, 0.2) is 0 Å². The number of pyridine rings is 1. The molecule has 6 nitrogen and oxygen atoms in total. The standard InChI is InChI=1S/C19H20F3N5O/c20-19(21,22)14-4-1-3-12(10-14)9-13-6-8-25-16(11-13)27(24)15-5-2-7-26-18(28)17(15)23/h1,3-4,6,8,10-11H,2,5,7,9,23-24H2,(H,26,28). The number of anilines is 1. The van der Waals surface area contributed by atoms with Crippen LogP contribution in [0.3, 0.4) is 0 Å². The van der Waals surface area contributed by atoms with Crippen molar-refractivity contribution in [2.45, 2.75) is 25.4 Å². The Morgan fingerprint density at radius 3 is 2.68 bits per heavy atom. The molecule has 9 heteroatoms. The Morgan fingerprint density at radius 1 is 1.18 bits per heavy atom. The smallest absolute Gasteiger partial charge is 0.393 e. The zero-order chi connectivity index (χ0) is 20.3. The van der Waals surface area contributed by atoms with E-state index in [1.807, 2.05) is 0 Å². The van der Waals surface area contributed by atoms with E-state index in [-0.39, 0.29) is 18.0 Å². The Labute approximate surface area is 160 Å². The van der Waals surface area contributed by atoms with Crippen molar-refractivity contribution in [2.24, 2.45) is 11.6 Å². The number of benzene rings is 1. The fourth-order valence-electron chi connectivity index (χ4n) is 3.00. The van der Waals surface area contributed by atoms with Crippen molar-refractivity contribution in [1.29, 1.82) is 0 Å². The Morgan fingerprint density at radius 2 is 1.93 bits per heavy atom. The number of carbonyl (C=O) groups is 1. The van der Waals surface area contributed by atoms with Gasteiger partial charge in [0.1, 0.15) is 11.5 Å². The van der Waals surface area contributed by atoms with Gasteiger partial charge < -0.3 is 11.1 Å². The molecule has 1 aliphatic rings. The van der Waals surface area contributed by atoms with Crippen LogP contribution in [0.4, 0.5) is 19.0 Å². The lowest BCUT2D eigenvalue weighted by molar-refractivity contribution is -0.137. The van der Waals surface area contributed by atoms with Gasteiger partial charge in [-0.15, -0.1) is 0 Å². The molecule has 2 aromatic rings. The number of hydrazine groups is 1. The average Bonchev–Trinajstić information content (AvgIpc) is 2.82. The van der Waals surface area contributed by atoms with E-state index in [0.717, 1.165) is 17.7 Å². The van der Waals surface area contributed by atoms with Crippen LogP contribution in [0.15, 0.2) is 54.0 Å². The maximum atomic E-state index is 12.9. The van der Waals surface area contributed by atoms with E-state index in [0.29, 0.717) is 36.5 Å². The van der Waals surface area contributed by atoms with Gasteiger partial charge >= 0.3 is 6.18 Å². The van der Waals surface area contributed by atoms with Gasteiger partial charge in [-0.25, -0.2) is 10.8 Å². The third-order valence-electron chi connectivity index (χ3n) is 4.44. The summed E-state index contributed by atoms with van der Waals surface area (Å²) < 4.78 is 38.7. The first-order chi connectivity index (χ1) is 13.3. The molecule has 0 bridgehead atoms. The van der Waals surface area contributed by atoms with Crippen molar-refractivity contribution in [1.82, 2.24) is 10.3 Å². The molecule has 0 aliphatic carbocycles. The summed E-state index contributed by atoms with van der Waals surface area (Å²) in [5.74, 6) is 6.11. The zero-order valence-electron chi connectivity index (χ0n) is 15.0. The monoisotopic (exact) mass is 391 g/mol. The minimum Gasteiger partial charge on any atom is -0.393 e. The summed E-state index contributed by atoms with van der Waals surface area (Å²) in [5, 5.41) is 3.94. The van der Waals surface area contributed by atoms with Crippen LogP contribution in [-0.2, 0) is 17.4 Å². The maximum Gasteiger partial charge on any atom is 0.416 e. The summed E-state index contributed by atoms with van der Waals surface area (Å²) in [5.41, 5.74) is 6.94. The molecular formula is C19H20F3N5O. The third kappa shape index (κ3) is 4.42. The van der Waals surface area contributed by atoms with E-state index in [9.17, 15) is 18.0 Å². The highest BCUT2D eigenvalue weighted by Gasteiger charge is 2.30. The molecule has 0 radical (unpaired) electrons. The largest absolute Gasteiger partial charge is 0.416 e. The molecule has 0 spiro atoms. The quantitative estimate of drug-likeness (QED) is 0.550. The SMILES string of the molecule is NC1=C(N(N)c2cc(Cc3cccc(C(F)(F)F)c3)ccn2)CCCNC1=O. The number of alkyl halides is 3. The molecule has 1 aliphatic heterocycles. The Hall–Kier alpha value is -3.07. The van der Waals surface area contributed by atoms with Crippen LogP contribution in [-0.4, -0.2) is 17.4 Å². The van der Waals surface area contributed by atoms with Crippen molar-refractivity contribution in [3.05, 3.63) is 70.7 Å². The van der Waals surface area contributed by atoms with Crippen molar-refractivity contribution >= 4 is 11.7 Å². The second kappa shape index (κ2) is 7.89. The summed E-state index contributed by atoms with van der Waals surface area (Å²) in [4.78, 5) is 16.1. The van der Waals surface area contributed by atoms with Gasteiger partial charge in [0.05, 0.1) is 11.3 Å². The van der Waals surface area contributed by atoms with E-state index in [1.165, 1.54) is 17.3 Å². The predicted molar refractivity (Wildman–Crippen MR) is 98.6 cm³/mol. The number of hydrogen-bond acceptors (Lipinski definition) is 5. The molecule has 0 saturated carbocycles. The first-order valence-corrected chi connectivity index (χ1v) is 8.68. The van der Waals surface area contributed by atoms with E-state index >= 15 is 0 Å². The lowest BCUT2D eigenvalue weighted by atomic mass is 10.0. The van der Waals surface area contributed by atoms with Gasteiger partial charge in [-0.1, -0.05) is 18.2 Å². The molecule has 2 heterocycles. The van der Waals surface area contributed by atoms with Crippen molar-refractivity contribution < 1.29 is 18.0 Å². The molecule has 1 aromatic heterocycles. The number of nitrogens with zero attached hydrogens (tertiary/aromatic N) is 2. The Bertz CT molecular complexity index is 910. The molecule has 0 saturated heterocycles. The highest BCUT2D eigenvalue weighted by atomic mass is 19.4. The number of hydrogen-bond donors (Lipinski definition) is 3. The topological polar surface area (TPSA) is 97.3 Å². The fraction of sp³-hybridized carbons (Fsp3) is 0.263. The minimum atomic E-state index is -4.39. The molecular weight excluding hydrogens is 371 g/mol. The summed E-state index contributed by atoms with van der Waals surface area (Å²) >= 11 is 0. The molecule has 5 N–H and O–H groups in total. The maximum absolute atomic E-state index is 12.9. The fourth-order valence-corrected chi connectivity index (χ4v) is 3.00. The number of aromatic nitrogens is 1. The van der Waals surface area contributed by atoms with Crippen molar-refractivity contribution in [3.8, 4) is 0 Å². The minimum absolute atomic E-state index is 0.0325. The molecule has 3 rings (SSSR count). The second-order valence-corrected chi connectivity index (χ2v) is 6.49. The Balaban J connectivity index is 1.85. The summed E-state index contributed by atoms with van der Waals surface area (Å²) in [6, 6.07) is 8.54. The Kier molecular flexibility index (Phi) is 5.55. The number of amides is 1. The second-order valence-electron chi connectivity index (χ2n) is 6.49. The van der Waals surface area contributed by atoms with Crippen molar-refractivity contribution in [3.63, 3.8) is 0 Å². The van der Waals surface area contributed by atoms with Crippen LogP contribution in [0.25, 0.3) is 0 Å². The van der Waals surface area contributed by atoms with Crippen LogP contribution in [0, 0.1) is 0 Å². The number of nitrogens with two attached hydrogens (primary N) is 2. The number of allylic oxidation sites excluding steroid dienone is 1. The van der Waals surface area contributed by atoms with E-state index in [2.05, 4.69) is 10.3 Å². The average molecular weight is 391 g/mol. The molecule has 1 aromatic carbocycles. The van der Waals surface area contributed by atoms with Gasteiger partial charge in [0.2, 0.25) is 0 Å². The normalized spacial score (nSPS) is 15.2. The lowest BCUT2D eigenvalue weighted by Gasteiger charge is -2.22. The van der Waals surface area contributed by atoms with Gasteiger partial charge in [-0.05, 0) is 48.6 Å². The highest BCUT2D eigenvalue weighted by Crippen LogP contribution is 2.30. The van der Waals surface area contributed by atoms with E-state index < -0.39 is 11.7 Å². The van der Waals surface area contributed by atoms with E-state index in [1.54, 1.807) is 18.2 Å². The van der Waals surface area contributed by atoms with Crippen molar-refractivity contribution in [2.75, 3.05) is 11.6 Å². The number of halogens is 3. The number of rotatable bonds is 4. The molecule has 0 atom stereocenters. The first kappa shape index (κ1) is 19.7. The lowest BCUT2D eigenvalue weighted by Crippen LogP contribution is -2.35. The molecule has 0 fully saturated rings. The van der Waals surface area contributed by atoms with Crippen LogP contribution in [0.1, 0.15) is 29.5 Å². The number of carbonyl (C=O) groups excluding carboxylic acids is 1. The van der Waals surface area contributed by atoms with Crippen LogP contribution in [0.2, 0.25) is 0 Å². The van der Waals surface area contributed by atoms with Crippen LogP contribution in [0.5, 0.6) is 0 Å². The summed E-state index contributed by atoms with van der Waals surface area (Å²) in [7, 11) is 0. The van der Waals surface area contributed by atoms with Gasteiger partial charge in [-0.2, -0.15) is 13.2 Å². The summed E-state index contributed by atoms with van der Waals surface area (Å²) in [6.45, 7) is 0.500. The van der Waals surface area contributed by atoms with Crippen LogP contribution >= 0.6 is 0 Å². The van der Waals surface area contributed by atoms with Gasteiger partial charge in [0, 0.05) is 12.7 Å². The molecule has 1 amide bonds. The van der Waals surface area contributed by atoms with Gasteiger partial charge in [-0.3, -0.25) is 9.80 Å². The highest BCUT2D eigenvalue weighted by molar-refractivity contribution is 5.94. The molecule has 148 valence electrons. The third-order valence-corrected chi connectivity index (χ3v) is 4.44. The van der Waals surface area contributed by atoms with Gasteiger partial charge in [0.25, 0.3) is 5.91 Å². The van der Waals surface area contributed by atoms with Crippen LogP contribution < -0.4 is 21.9 Å². The molecule has 28 heavy (non-hydrogen) atoms.